The molecule has 0 radical (unpaired) electrons. The van der Waals surface area contributed by atoms with Gasteiger partial charge in [-0.2, -0.15) is 0 Å². The van der Waals surface area contributed by atoms with Crippen LogP contribution in [0.4, 0.5) is 0 Å². The fraction of sp³-hybridized carbons (Fsp3) is 0.385. The lowest BCUT2D eigenvalue weighted by atomic mass is 10.1. The first-order chi connectivity index (χ1) is 8.25. The van der Waals surface area contributed by atoms with E-state index >= 15 is 0 Å². The molecule has 1 N–H and O–H groups in total. The van der Waals surface area contributed by atoms with Gasteiger partial charge in [-0.1, -0.05) is 19.1 Å². The van der Waals surface area contributed by atoms with Gasteiger partial charge in [0.1, 0.15) is 0 Å². The maximum atomic E-state index is 11.9. The van der Waals surface area contributed by atoms with Crippen molar-refractivity contribution >= 4 is 11.8 Å². The number of nitrogens with one attached hydrogen (secondary N) is 1. The van der Waals surface area contributed by atoms with Gasteiger partial charge in [-0.25, -0.2) is 0 Å². The molecule has 17 heavy (non-hydrogen) atoms. The van der Waals surface area contributed by atoms with Gasteiger partial charge >= 0.3 is 0 Å². The van der Waals surface area contributed by atoms with Crippen molar-refractivity contribution < 1.29 is 9.59 Å². The summed E-state index contributed by atoms with van der Waals surface area (Å²) in [5.41, 5.74) is 1.04. The van der Waals surface area contributed by atoms with Crippen LogP contribution in [0, 0.1) is 0 Å². The number of imide groups is 1. The lowest BCUT2D eigenvalue weighted by Gasteiger charge is -2.13. The van der Waals surface area contributed by atoms with Crippen LogP contribution < -0.4 is 5.32 Å². The number of benzene rings is 1. The minimum atomic E-state index is -0.177. The fourth-order valence-corrected chi connectivity index (χ4v) is 1.93. The topological polar surface area (TPSA) is 49.4 Å². The van der Waals surface area contributed by atoms with E-state index in [1.807, 2.05) is 0 Å². The zero-order valence-corrected chi connectivity index (χ0v) is 9.90. The predicted octanol–water partition coefficient (Wildman–Crippen LogP) is 1.28. The molecule has 0 bridgehead atoms. The SMILES string of the molecule is CCCNCCN1C(=O)c2ccccc2C1=O. The fourth-order valence-electron chi connectivity index (χ4n) is 1.93. The first-order valence-corrected chi connectivity index (χ1v) is 5.91. The van der Waals surface area contributed by atoms with Crippen LogP contribution in [0.1, 0.15) is 34.1 Å². The molecule has 90 valence electrons. The molecule has 1 heterocycles. The summed E-state index contributed by atoms with van der Waals surface area (Å²) in [5, 5.41) is 3.18. The number of amides is 2. The van der Waals surface area contributed by atoms with E-state index in [0.717, 1.165) is 13.0 Å². The zero-order valence-electron chi connectivity index (χ0n) is 9.90. The van der Waals surface area contributed by atoms with Crippen molar-refractivity contribution in [3.8, 4) is 0 Å². The molecule has 1 aromatic carbocycles. The summed E-state index contributed by atoms with van der Waals surface area (Å²) in [5.74, 6) is -0.354. The van der Waals surface area contributed by atoms with E-state index in [9.17, 15) is 9.59 Å². The molecular weight excluding hydrogens is 216 g/mol. The Kier molecular flexibility index (Phi) is 3.54. The Bertz CT molecular complexity index is 408. The normalized spacial score (nSPS) is 14.3. The number of rotatable bonds is 5. The number of nitrogens with zero attached hydrogens (tertiary/aromatic N) is 1. The molecule has 0 saturated heterocycles. The van der Waals surface area contributed by atoms with Crippen LogP contribution in [-0.4, -0.2) is 36.3 Å². The Morgan fingerprint density at radius 3 is 2.18 bits per heavy atom. The summed E-state index contributed by atoms with van der Waals surface area (Å²) < 4.78 is 0. The van der Waals surface area contributed by atoms with E-state index in [4.69, 9.17) is 0 Å². The highest BCUT2D eigenvalue weighted by Gasteiger charge is 2.34. The number of hydrogen-bond acceptors (Lipinski definition) is 3. The lowest BCUT2D eigenvalue weighted by Crippen LogP contribution is -2.36. The van der Waals surface area contributed by atoms with Crippen LogP contribution >= 0.6 is 0 Å². The molecular formula is C13H16N2O2. The molecule has 4 nitrogen and oxygen atoms in total. The highest BCUT2D eigenvalue weighted by molar-refractivity contribution is 6.21. The molecule has 0 fully saturated rings. The molecule has 0 aliphatic carbocycles. The smallest absolute Gasteiger partial charge is 0.261 e. The molecule has 0 spiro atoms. The molecule has 1 aliphatic heterocycles. The maximum Gasteiger partial charge on any atom is 0.261 e. The average molecular weight is 232 g/mol. The van der Waals surface area contributed by atoms with Crippen LogP contribution in [0.15, 0.2) is 24.3 Å². The van der Waals surface area contributed by atoms with Gasteiger partial charge in [0.25, 0.3) is 11.8 Å². The Hall–Kier alpha value is -1.68. The second-order valence-electron chi connectivity index (χ2n) is 4.06. The summed E-state index contributed by atoms with van der Waals surface area (Å²) >= 11 is 0. The highest BCUT2D eigenvalue weighted by atomic mass is 16.2. The number of hydrogen-bond donors (Lipinski definition) is 1. The molecule has 1 aliphatic rings. The summed E-state index contributed by atoms with van der Waals surface area (Å²) in [6.07, 6.45) is 1.04. The molecule has 4 heteroatoms. The van der Waals surface area contributed by atoms with Gasteiger partial charge in [-0.3, -0.25) is 14.5 Å². The Labute approximate surface area is 101 Å². The van der Waals surface area contributed by atoms with E-state index in [1.165, 1.54) is 4.90 Å². The third-order valence-electron chi connectivity index (χ3n) is 2.82. The van der Waals surface area contributed by atoms with Crippen LogP contribution in [0.3, 0.4) is 0 Å². The van der Waals surface area contributed by atoms with Crippen molar-refractivity contribution in [3.63, 3.8) is 0 Å². The standard InChI is InChI=1S/C13H16N2O2/c1-2-7-14-8-9-15-12(16)10-5-3-4-6-11(10)13(15)17/h3-6,14H,2,7-9H2,1H3. The second kappa shape index (κ2) is 5.10. The number of carbonyl (C=O) groups excluding carboxylic acids is 2. The first kappa shape index (κ1) is 11.8. The minimum Gasteiger partial charge on any atom is -0.315 e. The molecule has 1 aromatic rings. The number of fused-ring (bicyclic) bond motifs is 1. The summed E-state index contributed by atoms with van der Waals surface area (Å²) in [7, 11) is 0. The monoisotopic (exact) mass is 232 g/mol. The van der Waals surface area contributed by atoms with Crippen LogP contribution in [0.2, 0.25) is 0 Å². The second-order valence-corrected chi connectivity index (χ2v) is 4.06. The van der Waals surface area contributed by atoms with Crippen molar-refractivity contribution in [3.05, 3.63) is 35.4 Å². The van der Waals surface area contributed by atoms with Crippen molar-refractivity contribution in [2.45, 2.75) is 13.3 Å². The minimum absolute atomic E-state index is 0.177. The van der Waals surface area contributed by atoms with Gasteiger partial charge in [-0.15, -0.1) is 0 Å². The van der Waals surface area contributed by atoms with Crippen LogP contribution in [0.5, 0.6) is 0 Å². The van der Waals surface area contributed by atoms with E-state index < -0.39 is 0 Å². The van der Waals surface area contributed by atoms with Gasteiger partial charge in [-0.05, 0) is 25.1 Å². The molecule has 0 atom stereocenters. The zero-order chi connectivity index (χ0) is 12.3. The third kappa shape index (κ3) is 2.22. The largest absolute Gasteiger partial charge is 0.315 e. The van der Waals surface area contributed by atoms with E-state index in [2.05, 4.69) is 12.2 Å². The summed E-state index contributed by atoms with van der Waals surface area (Å²) in [4.78, 5) is 25.2. The predicted molar refractivity (Wildman–Crippen MR) is 65.0 cm³/mol. The maximum absolute atomic E-state index is 11.9. The molecule has 0 aromatic heterocycles. The van der Waals surface area contributed by atoms with Crippen LogP contribution in [-0.2, 0) is 0 Å². The van der Waals surface area contributed by atoms with Gasteiger partial charge < -0.3 is 5.32 Å². The average Bonchev–Trinajstić information content (AvgIpc) is 2.60. The van der Waals surface area contributed by atoms with Crippen molar-refractivity contribution in [1.29, 1.82) is 0 Å². The van der Waals surface area contributed by atoms with Gasteiger partial charge in [0.2, 0.25) is 0 Å². The molecule has 2 rings (SSSR count). The Balaban J connectivity index is 2.03. The van der Waals surface area contributed by atoms with Crippen molar-refractivity contribution in [2.75, 3.05) is 19.6 Å². The van der Waals surface area contributed by atoms with Gasteiger partial charge in [0, 0.05) is 13.1 Å². The Morgan fingerprint density at radius 1 is 1.06 bits per heavy atom. The number of carbonyl (C=O) groups is 2. The van der Waals surface area contributed by atoms with Crippen molar-refractivity contribution in [1.82, 2.24) is 10.2 Å². The Morgan fingerprint density at radius 2 is 1.65 bits per heavy atom. The van der Waals surface area contributed by atoms with E-state index in [0.29, 0.717) is 24.2 Å². The third-order valence-corrected chi connectivity index (χ3v) is 2.82. The summed E-state index contributed by atoms with van der Waals surface area (Å²) in [6.45, 7) is 4.07. The van der Waals surface area contributed by atoms with Crippen LogP contribution in [0.25, 0.3) is 0 Å². The van der Waals surface area contributed by atoms with Crippen molar-refractivity contribution in [2.24, 2.45) is 0 Å². The summed E-state index contributed by atoms with van der Waals surface area (Å²) in [6, 6.07) is 6.97. The highest BCUT2D eigenvalue weighted by Crippen LogP contribution is 2.21. The molecule has 2 amide bonds. The van der Waals surface area contributed by atoms with E-state index in [-0.39, 0.29) is 11.8 Å². The van der Waals surface area contributed by atoms with Gasteiger partial charge in [0.15, 0.2) is 0 Å². The molecule has 0 saturated carbocycles. The van der Waals surface area contributed by atoms with Gasteiger partial charge in [0.05, 0.1) is 11.1 Å². The van der Waals surface area contributed by atoms with E-state index in [1.54, 1.807) is 24.3 Å². The quantitative estimate of drug-likeness (QED) is 0.614. The lowest BCUT2D eigenvalue weighted by molar-refractivity contribution is 0.0655. The first-order valence-electron chi connectivity index (χ1n) is 5.91. The molecule has 0 unspecified atom stereocenters.